The zero-order valence-corrected chi connectivity index (χ0v) is 21.7. The number of carboxylic acid groups (broad SMARTS) is 1. The first-order valence-corrected chi connectivity index (χ1v) is 13.5. The zero-order chi connectivity index (χ0) is 29.4. The third kappa shape index (κ3) is 5.57. The van der Waals surface area contributed by atoms with E-state index in [9.17, 15) is 31.6 Å². The molecule has 10 nitrogen and oxygen atoms in total. The highest BCUT2D eigenvalue weighted by molar-refractivity contribution is 7.92. The van der Waals surface area contributed by atoms with E-state index >= 15 is 0 Å². The van der Waals surface area contributed by atoms with Crippen LogP contribution in [0.5, 0.6) is 5.75 Å². The summed E-state index contributed by atoms with van der Waals surface area (Å²) in [7, 11) is -4.57. The molecule has 0 aliphatic carbocycles. The molecule has 1 aliphatic heterocycles. The second-order valence-electron chi connectivity index (χ2n) is 9.00. The van der Waals surface area contributed by atoms with E-state index in [-0.39, 0.29) is 42.5 Å². The standard InChI is InChI=1S/C27H19F3N4O6S/c28-27(29,30)18-5-3-6-20(13-18)41(37,38)34-15-19(9-11-24(35)36)39-23-10-8-16(12-22(23)34)25-32-26(40-33-25)21-7-2-1-4-17(21)14-31/h1-8,10,12-13,19H,9,11,15H2,(H,35,36)/t19-/m1/s1. The third-order valence-electron chi connectivity index (χ3n) is 6.28. The van der Waals surface area contributed by atoms with Gasteiger partial charge in [-0.2, -0.15) is 23.4 Å². The molecule has 1 aromatic heterocycles. The molecule has 0 saturated heterocycles. The number of carboxylic acids is 1. The van der Waals surface area contributed by atoms with E-state index in [4.69, 9.17) is 14.4 Å². The lowest BCUT2D eigenvalue weighted by molar-refractivity contribution is -0.138. The van der Waals surface area contributed by atoms with Crippen LogP contribution in [0.4, 0.5) is 18.9 Å². The van der Waals surface area contributed by atoms with Gasteiger partial charge >= 0.3 is 12.1 Å². The van der Waals surface area contributed by atoms with E-state index in [0.29, 0.717) is 22.8 Å². The molecule has 1 aliphatic rings. The predicted octanol–water partition coefficient (Wildman–Crippen LogP) is 5.12. The van der Waals surface area contributed by atoms with Crippen molar-refractivity contribution in [3.63, 3.8) is 0 Å². The Morgan fingerprint density at radius 1 is 1.12 bits per heavy atom. The third-order valence-corrected chi connectivity index (χ3v) is 8.06. The van der Waals surface area contributed by atoms with Gasteiger partial charge in [-0.1, -0.05) is 23.4 Å². The number of benzene rings is 3. The Morgan fingerprint density at radius 3 is 2.63 bits per heavy atom. The number of alkyl halides is 3. The molecular formula is C27H19F3N4O6S. The summed E-state index contributed by atoms with van der Waals surface area (Å²) >= 11 is 0. The van der Waals surface area contributed by atoms with Crippen LogP contribution in [0.3, 0.4) is 0 Å². The number of hydrogen-bond acceptors (Lipinski definition) is 8. The van der Waals surface area contributed by atoms with Gasteiger partial charge in [-0.3, -0.25) is 9.10 Å². The molecule has 14 heteroatoms. The summed E-state index contributed by atoms with van der Waals surface area (Å²) in [6.45, 7) is -0.352. The Kier molecular flexibility index (Phi) is 7.14. The second kappa shape index (κ2) is 10.6. The van der Waals surface area contributed by atoms with Crippen LogP contribution in [0.2, 0.25) is 0 Å². The molecule has 2 heterocycles. The van der Waals surface area contributed by atoms with Crippen LogP contribution in [-0.2, 0) is 21.0 Å². The number of aliphatic carboxylic acids is 1. The summed E-state index contributed by atoms with van der Waals surface area (Å²) < 4.78 is 79.6. The van der Waals surface area contributed by atoms with Crippen molar-refractivity contribution < 1.29 is 40.8 Å². The Morgan fingerprint density at radius 2 is 1.90 bits per heavy atom. The molecule has 4 aromatic rings. The van der Waals surface area contributed by atoms with Crippen LogP contribution in [-0.4, -0.2) is 42.3 Å². The van der Waals surface area contributed by atoms with Crippen molar-refractivity contribution in [2.75, 3.05) is 10.8 Å². The van der Waals surface area contributed by atoms with Gasteiger partial charge in [0.2, 0.25) is 5.82 Å². The molecule has 0 amide bonds. The number of hydrogen-bond donors (Lipinski definition) is 1. The van der Waals surface area contributed by atoms with Gasteiger partial charge in [0.05, 0.1) is 39.9 Å². The highest BCUT2D eigenvalue weighted by atomic mass is 32.2. The summed E-state index contributed by atoms with van der Waals surface area (Å²) in [6.07, 6.45) is -6.01. The Bertz CT molecular complexity index is 1780. The zero-order valence-electron chi connectivity index (χ0n) is 20.9. The number of rotatable bonds is 7. The largest absolute Gasteiger partial charge is 0.486 e. The van der Waals surface area contributed by atoms with Crippen LogP contribution >= 0.6 is 0 Å². The number of fused-ring (bicyclic) bond motifs is 1. The van der Waals surface area contributed by atoms with Crippen molar-refractivity contribution in [1.82, 2.24) is 10.1 Å². The SMILES string of the molecule is N#Cc1ccccc1-c1nc(-c2ccc3c(c2)N(S(=O)(=O)c2cccc(C(F)(F)F)c2)C[C@@H](CCC(=O)O)O3)no1. The summed E-state index contributed by atoms with van der Waals surface area (Å²) in [5.74, 6) is -0.939. The fourth-order valence-electron chi connectivity index (χ4n) is 4.29. The lowest BCUT2D eigenvalue weighted by atomic mass is 10.1. The monoisotopic (exact) mass is 584 g/mol. The van der Waals surface area contributed by atoms with Gasteiger partial charge in [0, 0.05) is 12.0 Å². The van der Waals surface area contributed by atoms with Gasteiger partial charge in [-0.25, -0.2) is 8.42 Å². The molecule has 41 heavy (non-hydrogen) atoms. The molecule has 1 N–H and O–H groups in total. The fourth-order valence-corrected chi connectivity index (χ4v) is 5.84. The summed E-state index contributed by atoms with van der Waals surface area (Å²) in [5, 5.41) is 22.4. The molecule has 1 atom stereocenters. The highest BCUT2D eigenvalue weighted by Gasteiger charge is 2.37. The first-order chi connectivity index (χ1) is 19.5. The maximum atomic E-state index is 13.7. The van der Waals surface area contributed by atoms with Gasteiger partial charge in [-0.15, -0.1) is 0 Å². The van der Waals surface area contributed by atoms with E-state index < -0.39 is 38.7 Å². The molecular weight excluding hydrogens is 565 g/mol. The topological polar surface area (TPSA) is 147 Å². The molecule has 0 saturated carbocycles. The number of ether oxygens (including phenoxy) is 1. The quantitative estimate of drug-likeness (QED) is 0.313. The lowest BCUT2D eigenvalue weighted by Gasteiger charge is -2.35. The van der Waals surface area contributed by atoms with E-state index in [1.165, 1.54) is 18.2 Å². The maximum absolute atomic E-state index is 13.7. The van der Waals surface area contributed by atoms with Crippen molar-refractivity contribution in [2.45, 2.75) is 30.0 Å². The van der Waals surface area contributed by atoms with E-state index in [0.717, 1.165) is 22.5 Å². The number of nitrogens with zero attached hydrogens (tertiary/aromatic N) is 4. The number of anilines is 1. The fraction of sp³-hybridized carbons (Fsp3) is 0.185. The molecule has 3 aromatic carbocycles. The minimum atomic E-state index is -4.77. The summed E-state index contributed by atoms with van der Waals surface area (Å²) in [5.41, 5.74) is -0.155. The number of sulfonamides is 1. The van der Waals surface area contributed by atoms with Crippen molar-refractivity contribution in [3.8, 4) is 34.7 Å². The summed E-state index contributed by atoms with van der Waals surface area (Å²) in [6, 6.07) is 16.3. The smallest absolute Gasteiger partial charge is 0.416 e. The van der Waals surface area contributed by atoms with Gasteiger partial charge < -0.3 is 14.4 Å². The molecule has 0 spiro atoms. The number of carbonyl (C=O) groups is 1. The first-order valence-electron chi connectivity index (χ1n) is 12.0. The average Bonchev–Trinajstić information content (AvgIpc) is 3.45. The van der Waals surface area contributed by atoms with Crippen LogP contribution in [0.15, 0.2) is 76.1 Å². The molecule has 5 rings (SSSR count). The van der Waals surface area contributed by atoms with Gasteiger partial charge in [0.15, 0.2) is 0 Å². The maximum Gasteiger partial charge on any atom is 0.416 e. The minimum Gasteiger partial charge on any atom is -0.486 e. The van der Waals surface area contributed by atoms with Crippen molar-refractivity contribution in [1.29, 1.82) is 5.26 Å². The van der Waals surface area contributed by atoms with Crippen molar-refractivity contribution >= 4 is 21.7 Å². The van der Waals surface area contributed by atoms with Crippen molar-refractivity contribution in [2.24, 2.45) is 0 Å². The molecule has 210 valence electrons. The highest BCUT2D eigenvalue weighted by Crippen LogP contribution is 2.41. The molecule has 0 radical (unpaired) electrons. The number of halogens is 3. The average molecular weight is 585 g/mol. The first kappa shape index (κ1) is 27.7. The molecule has 0 bridgehead atoms. The van der Waals surface area contributed by atoms with Crippen LogP contribution in [0, 0.1) is 11.3 Å². The number of aromatic nitrogens is 2. The van der Waals surface area contributed by atoms with E-state index in [1.54, 1.807) is 24.3 Å². The van der Waals surface area contributed by atoms with Crippen molar-refractivity contribution in [3.05, 3.63) is 77.9 Å². The minimum absolute atomic E-state index is 0.00439. The van der Waals surface area contributed by atoms with E-state index in [2.05, 4.69) is 10.1 Å². The van der Waals surface area contributed by atoms with E-state index in [1.807, 2.05) is 6.07 Å². The Balaban J connectivity index is 1.57. The van der Waals surface area contributed by atoms with Crippen LogP contribution in [0.25, 0.3) is 22.8 Å². The van der Waals surface area contributed by atoms with Gasteiger partial charge in [0.1, 0.15) is 11.9 Å². The number of nitriles is 1. The summed E-state index contributed by atoms with van der Waals surface area (Å²) in [4.78, 5) is 14.9. The second-order valence-corrected chi connectivity index (χ2v) is 10.9. The van der Waals surface area contributed by atoms with Gasteiger partial charge in [0.25, 0.3) is 15.9 Å². The molecule has 0 fully saturated rings. The Hall–Kier alpha value is -4.90. The van der Waals surface area contributed by atoms with Crippen LogP contribution in [0.1, 0.15) is 24.0 Å². The predicted molar refractivity (Wildman–Crippen MR) is 137 cm³/mol. The van der Waals surface area contributed by atoms with Crippen LogP contribution < -0.4 is 9.04 Å². The molecule has 0 unspecified atom stereocenters. The lowest BCUT2D eigenvalue weighted by Crippen LogP contribution is -2.43. The van der Waals surface area contributed by atoms with Gasteiger partial charge in [-0.05, 0) is 55.0 Å². The normalized spacial score (nSPS) is 15.1. The Labute approximate surface area is 231 Å².